The number of piperidine rings is 1. The van der Waals surface area contributed by atoms with Crippen molar-refractivity contribution in [2.75, 3.05) is 20.6 Å². The molecule has 98 valence electrons. The van der Waals surface area contributed by atoms with Crippen molar-refractivity contribution in [2.45, 2.75) is 19.4 Å². The Bertz CT molecular complexity index is 430. The molecule has 18 heavy (non-hydrogen) atoms. The third kappa shape index (κ3) is 2.90. The maximum absolute atomic E-state index is 12.2. The van der Waals surface area contributed by atoms with Gasteiger partial charge in [0.25, 0.3) is 0 Å². The molecular formula is C13H18N2O2S. The number of thiophene rings is 1. The van der Waals surface area contributed by atoms with E-state index >= 15 is 0 Å². The lowest BCUT2D eigenvalue weighted by atomic mass is 9.95. The average molecular weight is 266 g/mol. The first-order valence-corrected chi connectivity index (χ1v) is 7.02. The van der Waals surface area contributed by atoms with E-state index in [2.05, 4.69) is 0 Å². The summed E-state index contributed by atoms with van der Waals surface area (Å²) in [7, 11) is 3.60. The van der Waals surface area contributed by atoms with Gasteiger partial charge in [0.05, 0.1) is 0 Å². The fraction of sp³-hybridized carbons (Fsp3) is 0.538. The molecule has 0 N–H and O–H groups in total. The fourth-order valence-electron chi connectivity index (χ4n) is 2.20. The van der Waals surface area contributed by atoms with E-state index < -0.39 is 0 Å². The lowest BCUT2D eigenvalue weighted by Gasteiger charge is -2.30. The fourth-order valence-corrected chi connectivity index (χ4v) is 2.86. The van der Waals surface area contributed by atoms with E-state index in [9.17, 15) is 9.59 Å². The number of carbonyl (C=O) groups excluding carboxylic acids is 2. The van der Waals surface area contributed by atoms with Crippen LogP contribution in [-0.2, 0) is 16.1 Å². The number of hydrogen-bond donors (Lipinski definition) is 0. The molecule has 2 rings (SSSR count). The minimum Gasteiger partial charge on any atom is -0.346 e. The molecule has 1 aliphatic rings. The van der Waals surface area contributed by atoms with E-state index in [1.807, 2.05) is 23.9 Å². The summed E-state index contributed by atoms with van der Waals surface area (Å²) >= 11 is 1.63. The predicted octanol–water partition coefficient (Wildman–Crippen LogP) is 1.57. The Morgan fingerprint density at radius 1 is 1.61 bits per heavy atom. The van der Waals surface area contributed by atoms with Gasteiger partial charge in [-0.3, -0.25) is 9.59 Å². The van der Waals surface area contributed by atoms with E-state index in [4.69, 9.17) is 0 Å². The van der Waals surface area contributed by atoms with Crippen LogP contribution in [0.1, 0.15) is 18.4 Å². The zero-order valence-corrected chi connectivity index (χ0v) is 11.6. The number of amides is 2. The van der Waals surface area contributed by atoms with Gasteiger partial charge in [-0.1, -0.05) is 0 Å². The number of likely N-dealkylation sites (tertiary alicyclic amines) is 1. The van der Waals surface area contributed by atoms with Crippen LogP contribution in [0, 0.1) is 5.92 Å². The first-order valence-electron chi connectivity index (χ1n) is 6.08. The van der Waals surface area contributed by atoms with E-state index in [0.29, 0.717) is 19.5 Å². The molecular weight excluding hydrogens is 248 g/mol. The summed E-state index contributed by atoms with van der Waals surface area (Å²) in [4.78, 5) is 27.3. The highest BCUT2D eigenvalue weighted by Gasteiger charge is 2.30. The SMILES string of the molecule is CN1CCC(C(=O)N(C)Cc2ccsc2)CC1=O. The number of hydrogen-bond acceptors (Lipinski definition) is 3. The van der Waals surface area contributed by atoms with Crippen LogP contribution in [0.15, 0.2) is 16.8 Å². The molecule has 0 saturated carbocycles. The van der Waals surface area contributed by atoms with Crippen LogP contribution >= 0.6 is 11.3 Å². The zero-order valence-electron chi connectivity index (χ0n) is 10.8. The monoisotopic (exact) mass is 266 g/mol. The zero-order chi connectivity index (χ0) is 13.1. The van der Waals surface area contributed by atoms with Crippen LogP contribution in [0.25, 0.3) is 0 Å². The van der Waals surface area contributed by atoms with Gasteiger partial charge in [-0.15, -0.1) is 0 Å². The van der Waals surface area contributed by atoms with Crippen LogP contribution in [0.4, 0.5) is 0 Å². The van der Waals surface area contributed by atoms with Gasteiger partial charge in [0, 0.05) is 39.5 Å². The van der Waals surface area contributed by atoms with Gasteiger partial charge in [0.2, 0.25) is 11.8 Å². The van der Waals surface area contributed by atoms with E-state index in [0.717, 1.165) is 12.0 Å². The Balaban J connectivity index is 1.92. The van der Waals surface area contributed by atoms with Crippen LogP contribution in [0.2, 0.25) is 0 Å². The molecule has 2 amide bonds. The normalized spacial score (nSPS) is 20.0. The molecule has 0 radical (unpaired) electrons. The number of nitrogens with zero attached hydrogens (tertiary/aromatic N) is 2. The molecule has 0 aliphatic carbocycles. The summed E-state index contributed by atoms with van der Waals surface area (Å²) < 4.78 is 0. The van der Waals surface area contributed by atoms with Crippen LogP contribution in [0.5, 0.6) is 0 Å². The van der Waals surface area contributed by atoms with Crippen molar-refractivity contribution in [3.63, 3.8) is 0 Å². The second-order valence-corrected chi connectivity index (χ2v) is 5.61. The molecule has 4 nitrogen and oxygen atoms in total. The van der Waals surface area contributed by atoms with E-state index in [-0.39, 0.29) is 17.7 Å². The van der Waals surface area contributed by atoms with Crippen molar-refractivity contribution in [3.8, 4) is 0 Å². The van der Waals surface area contributed by atoms with Crippen LogP contribution in [0.3, 0.4) is 0 Å². The maximum atomic E-state index is 12.2. The highest BCUT2D eigenvalue weighted by Crippen LogP contribution is 2.20. The van der Waals surface area contributed by atoms with Crippen molar-refractivity contribution in [3.05, 3.63) is 22.4 Å². The van der Waals surface area contributed by atoms with Gasteiger partial charge >= 0.3 is 0 Å². The Labute approximate surface area is 111 Å². The van der Waals surface area contributed by atoms with E-state index in [1.165, 1.54) is 0 Å². The van der Waals surface area contributed by atoms with Crippen LogP contribution < -0.4 is 0 Å². The first-order chi connectivity index (χ1) is 8.58. The number of rotatable bonds is 3. The highest BCUT2D eigenvalue weighted by molar-refractivity contribution is 7.07. The second-order valence-electron chi connectivity index (χ2n) is 4.83. The molecule has 1 aliphatic heterocycles. The van der Waals surface area contributed by atoms with Gasteiger partial charge in [0.1, 0.15) is 0 Å². The average Bonchev–Trinajstić information content (AvgIpc) is 2.84. The molecule has 0 aromatic carbocycles. The van der Waals surface area contributed by atoms with Gasteiger partial charge in [-0.05, 0) is 28.8 Å². The van der Waals surface area contributed by atoms with E-state index in [1.54, 1.807) is 28.2 Å². The van der Waals surface area contributed by atoms with Gasteiger partial charge in [0.15, 0.2) is 0 Å². The maximum Gasteiger partial charge on any atom is 0.226 e. The summed E-state index contributed by atoms with van der Waals surface area (Å²) in [5.41, 5.74) is 1.15. The van der Waals surface area contributed by atoms with Crippen molar-refractivity contribution in [1.82, 2.24) is 9.80 Å². The standard InChI is InChI=1S/C13H18N2O2S/c1-14-5-3-11(7-12(14)16)13(17)15(2)8-10-4-6-18-9-10/h4,6,9,11H,3,5,7-8H2,1-2H3. The molecule has 1 atom stereocenters. The second kappa shape index (κ2) is 5.52. The third-order valence-corrected chi connectivity index (χ3v) is 4.12. The first kappa shape index (κ1) is 13.1. The Hall–Kier alpha value is -1.36. The molecule has 1 fully saturated rings. The topological polar surface area (TPSA) is 40.6 Å². The predicted molar refractivity (Wildman–Crippen MR) is 71.2 cm³/mol. The van der Waals surface area contributed by atoms with Gasteiger partial charge < -0.3 is 9.80 Å². The summed E-state index contributed by atoms with van der Waals surface area (Å²) in [6.07, 6.45) is 1.12. The summed E-state index contributed by atoms with van der Waals surface area (Å²) in [5, 5.41) is 4.05. The Morgan fingerprint density at radius 2 is 2.39 bits per heavy atom. The largest absolute Gasteiger partial charge is 0.346 e. The minimum absolute atomic E-state index is 0.0727. The quantitative estimate of drug-likeness (QED) is 0.833. The molecule has 0 spiro atoms. The minimum atomic E-state index is -0.141. The molecule has 1 aromatic rings. The smallest absolute Gasteiger partial charge is 0.226 e. The molecule has 2 heterocycles. The summed E-state index contributed by atoms with van der Waals surface area (Å²) in [6, 6.07) is 2.02. The van der Waals surface area contributed by atoms with Gasteiger partial charge in [-0.2, -0.15) is 11.3 Å². The Morgan fingerprint density at radius 3 is 3.00 bits per heavy atom. The molecule has 5 heteroatoms. The molecule has 0 bridgehead atoms. The van der Waals surface area contributed by atoms with Crippen LogP contribution in [-0.4, -0.2) is 42.3 Å². The number of carbonyl (C=O) groups is 2. The van der Waals surface area contributed by atoms with Crippen molar-refractivity contribution in [1.29, 1.82) is 0 Å². The highest BCUT2D eigenvalue weighted by atomic mass is 32.1. The van der Waals surface area contributed by atoms with Gasteiger partial charge in [-0.25, -0.2) is 0 Å². The van der Waals surface area contributed by atoms with Crippen molar-refractivity contribution < 1.29 is 9.59 Å². The summed E-state index contributed by atoms with van der Waals surface area (Å²) in [5.74, 6) is 0.0171. The Kier molecular flexibility index (Phi) is 4.01. The van der Waals surface area contributed by atoms with Crippen molar-refractivity contribution >= 4 is 23.2 Å². The van der Waals surface area contributed by atoms with Crippen molar-refractivity contribution in [2.24, 2.45) is 5.92 Å². The lowest BCUT2D eigenvalue weighted by Crippen LogP contribution is -2.42. The molecule has 1 saturated heterocycles. The summed E-state index contributed by atoms with van der Waals surface area (Å²) in [6.45, 7) is 1.31. The lowest BCUT2D eigenvalue weighted by molar-refractivity contribution is -0.143. The molecule has 1 unspecified atom stereocenters. The molecule has 1 aromatic heterocycles. The third-order valence-electron chi connectivity index (χ3n) is 3.39.